The number of hydrogen-bond acceptors (Lipinski definition) is 8. The van der Waals surface area contributed by atoms with Gasteiger partial charge in [0.1, 0.15) is 17.3 Å². The maximum absolute atomic E-state index is 16.4. The molecule has 0 aliphatic carbocycles. The molecule has 11 nitrogen and oxygen atoms in total. The fraction of sp³-hybridized carbons (Fsp3) is 0.353. The zero-order valence-electron chi connectivity index (χ0n) is 26.9. The second kappa shape index (κ2) is 12.2. The summed E-state index contributed by atoms with van der Waals surface area (Å²) in [5, 5.41) is 3.28. The molecule has 4 aromatic rings. The summed E-state index contributed by atoms with van der Waals surface area (Å²) < 4.78 is 33.2. The summed E-state index contributed by atoms with van der Waals surface area (Å²) in [6.45, 7) is 11.9. The Balaban J connectivity index is 1.72. The van der Waals surface area contributed by atoms with Crippen LogP contribution in [-0.4, -0.2) is 75.0 Å². The Morgan fingerprint density at radius 3 is 2.57 bits per heavy atom. The molecular weight excluding hydrogens is 606 g/mol. The Morgan fingerprint density at radius 2 is 1.85 bits per heavy atom. The lowest BCUT2D eigenvalue weighted by atomic mass is 10.0. The number of pyridine rings is 2. The van der Waals surface area contributed by atoms with Crippen LogP contribution in [0.25, 0.3) is 28.0 Å². The van der Waals surface area contributed by atoms with Crippen LogP contribution in [0.15, 0.2) is 54.0 Å². The highest BCUT2D eigenvalue weighted by Crippen LogP contribution is 2.38. The average Bonchev–Trinajstić information content (AvgIpc) is 3.04. The minimum atomic E-state index is -0.821. The van der Waals surface area contributed by atoms with E-state index in [9.17, 15) is 14.4 Å². The van der Waals surface area contributed by atoms with Crippen molar-refractivity contribution in [2.75, 3.05) is 41.8 Å². The maximum Gasteiger partial charge on any atom is 0.355 e. The van der Waals surface area contributed by atoms with E-state index in [0.29, 0.717) is 24.5 Å². The van der Waals surface area contributed by atoms with Gasteiger partial charge in [-0.25, -0.2) is 23.1 Å². The number of carbonyl (C=O) groups is 2. The number of aromatic nitrogens is 4. The quantitative estimate of drug-likeness (QED) is 0.322. The third-order valence-electron chi connectivity index (χ3n) is 8.86. The Morgan fingerprint density at radius 1 is 1.09 bits per heavy atom. The molecule has 2 bridgehead atoms. The van der Waals surface area contributed by atoms with Gasteiger partial charge in [0.15, 0.2) is 11.5 Å². The van der Waals surface area contributed by atoms with E-state index in [1.54, 1.807) is 30.3 Å². The Bertz CT molecular complexity index is 1990. The molecule has 0 spiro atoms. The van der Waals surface area contributed by atoms with E-state index in [1.807, 2.05) is 32.6 Å². The van der Waals surface area contributed by atoms with Gasteiger partial charge in [0.2, 0.25) is 11.8 Å². The summed E-state index contributed by atoms with van der Waals surface area (Å²) in [6.07, 6.45) is 2.85. The number of hydrogen-bond donors (Lipinski definition) is 1. The van der Waals surface area contributed by atoms with E-state index in [2.05, 4.69) is 21.9 Å². The number of fused-ring (bicyclic) bond motifs is 5. The predicted octanol–water partition coefficient (Wildman–Crippen LogP) is 4.63. The van der Waals surface area contributed by atoms with Crippen LogP contribution >= 0.6 is 0 Å². The van der Waals surface area contributed by atoms with Crippen molar-refractivity contribution in [3.05, 3.63) is 77.0 Å². The molecule has 47 heavy (non-hydrogen) atoms. The van der Waals surface area contributed by atoms with Crippen molar-refractivity contribution in [3.63, 3.8) is 0 Å². The zero-order chi connectivity index (χ0) is 33.7. The zero-order valence-corrected chi connectivity index (χ0v) is 26.9. The summed E-state index contributed by atoms with van der Waals surface area (Å²) >= 11 is 0. The number of anilines is 3. The number of halogens is 2. The van der Waals surface area contributed by atoms with Gasteiger partial charge in [0, 0.05) is 57.1 Å². The molecule has 0 unspecified atom stereocenters. The minimum Gasteiger partial charge on any atom is -0.384 e. The summed E-state index contributed by atoms with van der Waals surface area (Å²) in [4.78, 5) is 59.2. The highest BCUT2D eigenvalue weighted by molar-refractivity contribution is 5.97. The standard InChI is InChI=1S/C34H36F2N8O3/c1-7-26(45)42-16-20(5)43(17-19(42)4)32-21-15-23(36)30-28-22(35)9-8-10-24(28)37-14-12-27(46)41(6)25-11-13-38-29(18(2)3)31(25)44(33(21)39-30)34(47)40-32/h7-11,13,15,18-20,37H,1,12,14,16-17H2,2-6H3/t19-,20+/m1/s1. The van der Waals surface area contributed by atoms with Crippen molar-refractivity contribution in [2.45, 2.75) is 52.1 Å². The van der Waals surface area contributed by atoms with E-state index in [0.717, 1.165) is 0 Å². The number of rotatable bonds is 3. The Kier molecular flexibility index (Phi) is 8.24. The molecule has 1 aromatic carbocycles. The Hall–Kier alpha value is -5.20. The van der Waals surface area contributed by atoms with Gasteiger partial charge < -0.3 is 20.0 Å². The van der Waals surface area contributed by atoms with Crippen LogP contribution in [0.5, 0.6) is 0 Å². The highest BCUT2D eigenvalue weighted by atomic mass is 19.1. The molecule has 0 radical (unpaired) electrons. The maximum atomic E-state index is 16.4. The van der Waals surface area contributed by atoms with Gasteiger partial charge in [-0.2, -0.15) is 4.98 Å². The van der Waals surface area contributed by atoms with Gasteiger partial charge in [-0.1, -0.05) is 26.5 Å². The monoisotopic (exact) mass is 642 g/mol. The summed E-state index contributed by atoms with van der Waals surface area (Å²) in [5.74, 6) is -2.06. The van der Waals surface area contributed by atoms with Crippen molar-refractivity contribution in [1.82, 2.24) is 24.4 Å². The molecule has 2 aliphatic heterocycles. The molecule has 6 rings (SSSR count). The third-order valence-corrected chi connectivity index (χ3v) is 8.86. The summed E-state index contributed by atoms with van der Waals surface area (Å²) in [7, 11) is 1.61. The molecule has 2 aliphatic rings. The van der Waals surface area contributed by atoms with Gasteiger partial charge in [-0.3, -0.25) is 14.6 Å². The van der Waals surface area contributed by atoms with Crippen LogP contribution in [0.1, 0.15) is 45.7 Å². The normalized spacial score (nSPS) is 18.3. The van der Waals surface area contributed by atoms with E-state index in [4.69, 9.17) is 4.98 Å². The van der Waals surface area contributed by atoms with E-state index >= 15 is 8.78 Å². The third kappa shape index (κ3) is 5.38. The van der Waals surface area contributed by atoms with E-state index < -0.39 is 17.3 Å². The van der Waals surface area contributed by atoms with Crippen LogP contribution in [0.4, 0.5) is 26.0 Å². The van der Waals surface area contributed by atoms with Crippen LogP contribution < -0.4 is 20.8 Å². The Labute approximate surface area is 270 Å². The lowest BCUT2D eigenvalue weighted by Crippen LogP contribution is -2.58. The summed E-state index contributed by atoms with van der Waals surface area (Å²) in [5.41, 5.74) is 0.265. The van der Waals surface area contributed by atoms with Crippen molar-refractivity contribution in [3.8, 4) is 16.9 Å². The fourth-order valence-corrected chi connectivity index (χ4v) is 6.45. The number of amides is 2. The van der Waals surface area contributed by atoms with Gasteiger partial charge in [-0.05, 0) is 50.1 Å². The molecule has 2 atom stereocenters. The first-order valence-electron chi connectivity index (χ1n) is 15.5. The van der Waals surface area contributed by atoms with Gasteiger partial charge in [0.05, 0.1) is 28.0 Å². The van der Waals surface area contributed by atoms with Crippen LogP contribution in [0.2, 0.25) is 0 Å². The first-order chi connectivity index (χ1) is 22.4. The highest BCUT2D eigenvalue weighted by Gasteiger charge is 2.35. The molecule has 1 saturated heterocycles. The average molecular weight is 643 g/mol. The van der Waals surface area contributed by atoms with Crippen molar-refractivity contribution < 1.29 is 18.4 Å². The summed E-state index contributed by atoms with van der Waals surface area (Å²) in [6, 6.07) is 6.55. The number of benzene rings is 1. The van der Waals surface area contributed by atoms with E-state index in [-0.39, 0.29) is 82.3 Å². The predicted molar refractivity (Wildman–Crippen MR) is 177 cm³/mol. The van der Waals surface area contributed by atoms with Gasteiger partial charge >= 0.3 is 5.69 Å². The molecule has 13 heteroatoms. The smallest absolute Gasteiger partial charge is 0.355 e. The largest absolute Gasteiger partial charge is 0.384 e. The minimum absolute atomic E-state index is 0.0197. The van der Waals surface area contributed by atoms with Crippen LogP contribution in [0.3, 0.4) is 0 Å². The molecule has 244 valence electrons. The molecule has 1 N–H and O–H groups in total. The van der Waals surface area contributed by atoms with Gasteiger partial charge in [0.25, 0.3) is 0 Å². The van der Waals surface area contributed by atoms with Crippen molar-refractivity contribution in [1.29, 1.82) is 0 Å². The first-order valence-corrected chi connectivity index (χ1v) is 15.5. The van der Waals surface area contributed by atoms with Crippen LogP contribution in [-0.2, 0) is 9.59 Å². The molecule has 5 heterocycles. The molecule has 0 saturated carbocycles. The van der Waals surface area contributed by atoms with Crippen molar-refractivity contribution >= 4 is 40.0 Å². The first kappa shape index (κ1) is 31.8. The molecule has 2 amide bonds. The molecular formula is C34H36F2N8O3. The fourth-order valence-electron chi connectivity index (χ4n) is 6.45. The van der Waals surface area contributed by atoms with E-state index in [1.165, 1.54) is 33.7 Å². The molecule has 3 aromatic heterocycles. The number of carbonyl (C=O) groups excluding carboxylic acids is 2. The SMILES string of the molecule is C=CC(=O)N1C[C@H](C)N(c2nc(=O)n3c4nc(c(F)cc24)-c2c(F)cccc2NCCC(=O)N(C)c2ccnc(C(C)C)c2-3)C[C@H]1C. The lowest BCUT2D eigenvalue weighted by Gasteiger charge is -2.44. The number of nitrogens with one attached hydrogen (secondary N) is 1. The number of nitrogens with zero attached hydrogens (tertiary/aromatic N) is 7. The lowest BCUT2D eigenvalue weighted by molar-refractivity contribution is -0.128. The second-order valence-corrected chi connectivity index (χ2v) is 12.3. The topological polar surface area (TPSA) is 117 Å². The molecule has 1 fully saturated rings. The second-order valence-electron chi connectivity index (χ2n) is 12.3. The number of piperazine rings is 1. The van der Waals surface area contributed by atoms with Crippen molar-refractivity contribution in [2.24, 2.45) is 0 Å². The van der Waals surface area contributed by atoms with Gasteiger partial charge in [-0.15, -0.1) is 0 Å². The van der Waals surface area contributed by atoms with Crippen LogP contribution in [0, 0.1) is 11.6 Å².